The Morgan fingerprint density at radius 3 is 2.62 bits per heavy atom. The largest absolute Gasteiger partial charge is 0.375 e. The quantitative estimate of drug-likeness (QED) is 0.744. The van der Waals surface area contributed by atoms with Crippen molar-refractivity contribution in [2.75, 3.05) is 20.2 Å². The highest BCUT2D eigenvalue weighted by Gasteiger charge is 2.25. The molecule has 1 fully saturated rings. The lowest BCUT2D eigenvalue weighted by Crippen LogP contribution is -2.35. The molecule has 0 amide bonds. The number of benzene rings is 1. The number of ether oxygens (including phenoxy) is 1. The average Bonchev–Trinajstić information content (AvgIpc) is 3.25. The fraction of sp³-hybridized carbons (Fsp3) is 0.667. The monoisotopic (exact) mass is 290 g/mol. The Morgan fingerprint density at radius 2 is 1.95 bits per heavy atom. The van der Waals surface area contributed by atoms with Gasteiger partial charge in [-0.3, -0.25) is 0 Å². The van der Waals surface area contributed by atoms with Crippen LogP contribution in [-0.2, 0) is 17.9 Å². The zero-order valence-corrected chi connectivity index (χ0v) is 14.0. The summed E-state index contributed by atoms with van der Waals surface area (Å²) in [6.07, 6.45) is 2.72. The van der Waals surface area contributed by atoms with Crippen LogP contribution in [0.5, 0.6) is 0 Å². The third-order valence-electron chi connectivity index (χ3n) is 3.84. The first-order valence-corrected chi connectivity index (χ1v) is 8.05. The maximum atomic E-state index is 5.81. The van der Waals surface area contributed by atoms with Gasteiger partial charge in [0.25, 0.3) is 0 Å². The first-order valence-electron chi connectivity index (χ1n) is 8.05. The Bertz CT molecular complexity index is 435. The molecule has 1 aliphatic rings. The Morgan fingerprint density at radius 1 is 1.24 bits per heavy atom. The van der Waals surface area contributed by atoms with E-state index in [1.807, 2.05) is 0 Å². The van der Waals surface area contributed by atoms with Gasteiger partial charge in [0.05, 0.1) is 13.2 Å². The minimum Gasteiger partial charge on any atom is -0.375 e. The van der Waals surface area contributed by atoms with E-state index in [1.165, 1.54) is 24.0 Å². The van der Waals surface area contributed by atoms with Gasteiger partial charge in [0.1, 0.15) is 0 Å². The van der Waals surface area contributed by atoms with Gasteiger partial charge in [-0.05, 0) is 51.8 Å². The molecule has 1 N–H and O–H groups in total. The van der Waals surface area contributed by atoms with Gasteiger partial charge in [0, 0.05) is 24.7 Å². The molecule has 1 aliphatic carbocycles. The zero-order valence-electron chi connectivity index (χ0n) is 14.0. The van der Waals surface area contributed by atoms with Gasteiger partial charge < -0.3 is 15.0 Å². The maximum absolute atomic E-state index is 5.81. The van der Waals surface area contributed by atoms with Crippen molar-refractivity contribution in [1.82, 2.24) is 10.2 Å². The van der Waals surface area contributed by atoms with Crippen LogP contribution in [0.4, 0.5) is 0 Å². The summed E-state index contributed by atoms with van der Waals surface area (Å²) < 4.78 is 5.81. The zero-order chi connectivity index (χ0) is 15.3. The predicted octanol–water partition coefficient (Wildman–Crippen LogP) is 3.19. The van der Waals surface area contributed by atoms with E-state index in [2.05, 4.69) is 62.3 Å². The van der Waals surface area contributed by atoms with Crippen molar-refractivity contribution in [2.45, 2.75) is 58.3 Å². The van der Waals surface area contributed by atoms with Crippen LogP contribution in [-0.4, -0.2) is 36.7 Å². The second kappa shape index (κ2) is 7.39. The minimum absolute atomic E-state index is 0.153. The van der Waals surface area contributed by atoms with Crippen molar-refractivity contribution in [2.24, 2.45) is 0 Å². The molecule has 0 bridgehead atoms. The molecule has 1 aromatic rings. The molecule has 0 heterocycles. The molecule has 21 heavy (non-hydrogen) atoms. The van der Waals surface area contributed by atoms with Gasteiger partial charge in [-0.1, -0.05) is 24.3 Å². The fourth-order valence-electron chi connectivity index (χ4n) is 2.29. The second-order valence-corrected chi connectivity index (χ2v) is 7.19. The number of hydrogen-bond acceptors (Lipinski definition) is 3. The van der Waals surface area contributed by atoms with Gasteiger partial charge in [0.15, 0.2) is 0 Å². The summed E-state index contributed by atoms with van der Waals surface area (Å²) in [5.41, 5.74) is 2.73. The molecule has 0 unspecified atom stereocenters. The van der Waals surface area contributed by atoms with Crippen LogP contribution in [0, 0.1) is 0 Å². The van der Waals surface area contributed by atoms with Crippen LogP contribution in [0.3, 0.4) is 0 Å². The van der Waals surface area contributed by atoms with E-state index in [1.54, 1.807) is 0 Å². The highest BCUT2D eigenvalue weighted by atomic mass is 16.5. The van der Waals surface area contributed by atoms with E-state index in [0.717, 1.165) is 25.7 Å². The average molecular weight is 290 g/mol. The third-order valence-corrected chi connectivity index (χ3v) is 3.84. The highest BCUT2D eigenvalue weighted by Crippen LogP contribution is 2.24. The van der Waals surface area contributed by atoms with E-state index < -0.39 is 0 Å². The maximum Gasteiger partial charge on any atom is 0.0717 e. The van der Waals surface area contributed by atoms with E-state index in [0.29, 0.717) is 6.61 Å². The number of nitrogens with zero attached hydrogens (tertiary/aromatic N) is 1. The van der Waals surface area contributed by atoms with Crippen LogP contribution >= 0.6 is 0 Å². The number of rotatable bonds is 8. The third kappa shape index (κ3) is 6.60. The molecule has 0 radical (unpaired) electrons. The molecular formula is C18H30N2O. The Kier molecular flexibility index (Phi) is 5.80. The number of hydrogen-bond donors (Lipinski definition) is 1. The molecule has 0 atom stereocenters. The molecule has 0 spiro atoms. The van der Waals surface area contributed by atoms with Crippen LogP contribution in [0.25, 0.3) is 0 Å². The Balaban J connectivity index is 1.70. The topological polar surface area (TPSA) is 24.5 Å². The van der Waals surface area contributed by atoms with Crippen LogP contribution < -0.4 is 5.32 Å². The van der Waals surface area contributed by atoms with Crippen molar-refractivity contribution < 1.29 is 4.74 Å². The molecule has 0 aliphatic heterocycles. The van der Waals surface area contributed by atoms with E-state index in [-0.39, 0.29) is 5.54 Å². The van der Waals surface area contributed by atoms with Gasteiger partial charge in [-0.25, -0.2) is 0 Å². The fourth-order valence-corrected chi connectivity index (χ4v) is 2.29. The van der Waals surface area contributed by atoms with Crippen molar-refractivity contribution >= 4 is 0 Å². The summed E-state index contributed by atoms with van der Waals surface area (Å²) in [6, 6.07) is 9.49. The van der Waals surface area contributed by atoms with Gasteiger partial charge in [-0.2, -0.15) is 0 Å². The van der Waals surface area contributed by atoms with E-state index >= 15 is 0 Å². The molecule has 1 saturated carbocycles. The van der Waals surface area contributed by atoms with Gasteiger partial charge >= 0.3 is 0 Å². The smallest absolute Gasteiger partial charge is 0.0717 e. The molecule has 2 rings (SSSR count). The summed E-state index contributed by atoms with van der Waals surface area (Å²) in [7, 11) is 2.19. The van der Waals surface area contributed by atoms with Crippen LogP contribution in [0.2, 0.25) is 0 Å². The van der Waals surface area contributed by atoms with Crippen molar-refractivity contribution in [3.63, 3.8) is 0 Å². The molecule has 118 valence electrons. The summed E-state index contributed by atoms with van der Waals surface area (Å²) in [5, 5.41) is 3.52. The SMILES string of the molecule is CN(CCOCc1cccc(CNC(C)(C)C)c1)C1CC1. The normalized spacial score (nSPS) is 15.7. The number of nitrogens with one attached hydrogen (secondary N) is 1. The lowest BCUT2D eigenvalue weighted by atomic mass is 10.1. The Hall–Kier alpha value is -0.900. The van der Waals surface area contributed by atoms with Crippen LogP contribution in [0.15, 0.2) is 24.3 Å². The highest BCUT2D eigenvalue weighted by molar-refractivity contribution is 5.23. The summed E-state index contributed by atoms with van der Waals surface area (Å²) in [4.78, 5) is 2.41. The van der Waals surface area contributed by atoms with Gasteiger partial charge in [0.2, 0.25) is 0 Å². The summed E-state index contributed by atoms with van der Waals surface area (Å²) >= 11 is 0. The summed E-state index contributed by atoms with van der Waals surface area (Å²) in [6.45, 7) is 10.0. The first kappa shape index (κ1) is 16.5. The molecule has 3 heteroatoms. The molecule has 0 aromatic heterocycles. The predicted molar refractivity (Wildman–Crippen MR) is 88.3 cm³/mol. The van der Waals surface area contributed by atoms with Crippen molar-refractivity contribution in [3.8, 4) is 0 Å². The van der Waals surface area contributed by atoms with Gasteiger partial charge in [-0.15, -0.1) is 0 Å². The molecule has 0 saturated heterocycles. The second-order valence-electron chi connectivity index (χ2n) is 7.19. The molecule has 1 aromatic carbocycles. The lowest BCUT2D eigenvalue weighted by Gasteiger charge is -2.20. The first-order chi connectivity index (χ1) is 9.94. The Labute approximate surface area is 129 Å². The van der Waals surface area contributed by atoms with Crippen molar-refractivity contribution in [3.05, 3.63) is 35.4 Å². The minimum atomic E-state index is 0.153. The molecule has 3 nitrogen and oxygen atoms in total. The van der Waals surface area contributed by atoms with E-state index in [4.69, 9.17) is 4.74 Å². The van der Waals surface area contributed by atoms with Crippen molar-refractivity contribution in [1.29, 1.82) is 0 Å². The van der Waals surface area contributed by atoms with Crippen LogP contribution in [0.1, 0.15) is 44.7 Å². The lowest BCUT2D eigenvalue weighted by molar-refractivity contribution is 0.0978. The molecular weight excluding hydrogens is 260 g/mol. The number of likely N-dealkylation sites (N-methyl/N-ethyl adjacent to an activating group) is 1. The standard InChI is InChI=1S/C18H30N2O/c1-18(2,3)19-13-15-6-5-7-16(12-15)14-21-11-10-20(4)17-8-9-17/h5-7,12,17,19H,8-11,13-14H2,1-4H3. The van der Waals surface area contributed by atoms with E-state index in [9.17, 15) is 0 Å². The summed E-state index contributed by atoms with van der Waals surface area (Å²) in [5.74, 6) is 0.